The number of hydrogen-bond acceptors (Lipinski definition) is 4. The van der Waals surface area contributed by atoms with Gasteiger partial charge >= 0.3 is 5.69 Å². The fraction of sp³-hybridized carbons (Fsp3) is 0.214. The lowest BCUT2D eigenvalue weighted by Gasteiger charge is -2.08. The van der Waals surface area contributed by atoms with E-state index in [1.807, 2.05) is 6.07 Å². The Labute approximate surface area is 110 Å². The Balaban J connectivity index is 1.86. The topological polar surface area (TPSA) is 67.9 Å². The summed E-state index contributed by atoms with van der Waals surface area (Å²) in [6, 6.07) is 10.9. The van der Waals surface area contributed by atoms with E-state index in [0.717, 1.165) is 0 Å². The predicted molar refractivity (Wildman–Crippen MR) is 69.8 cm³/mol. The Morgan fingerprint density at radius 3 is 2.95 bits per heavy atom. The molecule has 0 spiro atoms. The van der Waals surface area contributed by atoms with Crippen LogP contribution in [0.25, 0.3) is 0 Å². The summed E-state index contributed by atoms with van der Waals surface area (Å²) in [6.45, 7) is 0.988. The number of benzene rings is 1. The molecule has 0 radical (unpaired) electrons. The smallest absolute Gasteiger partial charge is 0.347 e. The van der Waals surface area contributed by atoms with E-state index in [2.05, 4.69) is 11.1 Å². The van der Waals surface area contributed by atoms with Crippen LogP contribution in [0.2, 0.25) is 0 Å². The quantitative estimate of drug-likeness (QED) is 0.761. The van der Waals surface area contributed by atoms with Gasteiger partial charge in [-0.2, -0.15) is 5.26 Å². The van der Waals surface area contributed by atoms with Gasteiger partial charge in [0.15, 0.2) is 0 Å². The molecule has 1 heterocycles. The van der Waals surface area contributed by atoms with Gasteiger partial charge in [-0.25, -0.2) is 9.78 Å². The van der Waals surface area contributed by atoms with E-state index < -0.39 is 0 Å². The molecule has 0 atom stereocenters. The Kier molecular flexibility index (Phi) is 4.29. The lowest BCUT2D eigenvalue weighted by Crippen LogP contribution is -2.22. The first-order valence-electron chi connectivity index (χ1n) is 5.94. The van der Waals surface area contributed by atoms with E-state index in [-0.39, 0.29) is 5.69 Å². The van der Waals surface area contributed by atoms with Crippen molar-refractivity contribution in [2.24, 2.45) is 0 Å². The SMILES string of the molecule is N#Cc1ccccc1OCCCn1cccnc1=O. The Hall–Kier alpha value is -2.61. The number of rotatable bonds is 5. The van der Waals surface area contributed by atoms with Crippen molar-refractivity contribution in [3.05, 3.63) is 58.8 Å². The van der Waals surface area contributed by atoms with Crippen molar-refractivity contribution in [1.29, 1.82) is 5.26 Å². The number of hydrogen-bond donors (Lipinski definition) is 0. The summed E-state index contributed by atoms with van der Waals surface area (Å²) in [5.41, 5.74) is 0.251. The standard InChI is InChI=1S/C14H13N3O2/c15-11-12-5-1-2-6-13(12)19-10-4-9-17-8-3-7-16-14(17)18/h1-3,5-8H,4,9-10H2. The summed E-state index contributed by atoms with van der Waals surface area (Å²) in [5.74, 6) is 0.573. The highest BCUT2D eigenvalue weighted by molar-refractivity contribution is 5.42. The molecule has 1 aromatic heterocycles. The number of para-hydroxylation sites is 1. The molecule has 0 aliphatic carbocycles. The maximum atomic E-state index is 11.4. The molecular formula is C14H13N3O2. The van der Waals surface area contributed by atoms with Crippen molar-refractivity contribution in [3.8, 4) is 11.8 Å². The maximum Gasteiger partial charge on any atom is 0.347 e. The Morgan fingerprint density at radius 2 is 2.16 bits per heavy atom. The summed E-state index contributed by atoms with van der Waals surface area (Å²) < 4.78 is 7.06. The van der Waals surface area contributed by atoms with Gasteiger partial charge in [0, 0.05) is 18.9 Å². The summed E-state index contributed by atoms with van der Waals surface area (Å²) in [7, 11) is 0. The molecule has 2 rings (SSSR count). The second-order valence-electron chi connectivity index (χ2n) is 3.91. The second-order valence-corrected chi connectivity index (χ2v) is 3.91. The number of ether oxygens (including phenoxy) is 1. The first-order valence-corrected chi connectivity index (χ1v) is 5.94. The zero-order valence-corrected chi connectivity index (χ0v) is 10.3. The molecule has 1 aromatic carbocycles. The van der Waals surface area contributed by atoms with Crippen molar-refractivity contribution < 1.29 is 4.74 Å². The van der Waals surface area contributed by atoms with Crippen LogP contribution >= 0.6 is 0 Å². The molecule has 0 aliphatic rings. The summed E-state index contributed by atoms with van der Waals surface area (Å²) in [6.07, 6.45) is 3.84. The second kappa shape index (κ2) is 6.36. The average Bonchev–Trinajstić information content (AvgIpc) is 2.45. The number of nitriles is 1. The van der Waals surface area contributed by atoms with Crippen molar-refractivity contribution in [3.63, 3.8) is 0 Å². The maximum absolute atomic E-state index is 11.4. The van der Waals surface area contributed by atoms with Crippen molar-refractivity contribution in [2.75, 3.05) is 6.61 Å². The van der Waals surface area contributed by atoms with Crippen LogP contribution < -0.4 is 10.4 Å². The van der Waals surface area contributed by atoms with Gasteiger partial charge in [0.05, 0.1) is 12.2 Å². The van der Waals surface area contributed by atoms with Crippen LogP contribution in [0.4, 0.5) is 0 Å². The third kappa shape index (κ3) is 3.42. The van der Waals surface area contributed by atoms with E-state index >= 15 is 0 Å². The molecule has 5 nitrogen and oxygen atoms in total. The highest BCUT2D eigenvalue weighted by Crippen LogP contribution is 2.16. The number of aromatic nitrogens is 2. The van der Waals surface area contributed by atoms with Crippen LogP contribution in [0.3, 0.4) is 0 Å². The zero-order chi connectivity index (χ0) is 13.5. The van der Waals surface area contributed by atoms with Gasteiger partial charge in [-0.05, 0) is 24.6 Å². The fourth-order valence-electron chi connectivity index (χ4n) is 1.66. The van der Waals surface area contributed by atoms with Crippen LogP contribution in [0.15, 0.2) is 47.5 Å². The Morgan fingerprint density at radius 1 is 1.32 bits per heavy atom. The summed E-state index contributed by atoms with van der Waals surface area (Å²) in [5, 5.41) is 8.91. The minimum Gasteiger partial charge on any atom is -0.492 e. The van der Waals surface area contributed by atoms with E-state index in [1.165, 1.54) is 10.8 Å². The van der Waals surface area contributed by atoms with E-state index in [0.29, 0.717) is 30.9 Å². The molecule has 0 amide bonds. The van der Waals surface area contributed by atoms with Gasteiger partial charge in [0.2, 0.25) is 0 Å². The van der Waals surface area contributed by atoms with Crippen LogP contribution in [0.5, 0.6) is 5.75 Å². The highest BCUT2D eigenvalue weighted by atomic mass is 16.5. The van der Waals surface area contributed by atoms with Gasteiger partial charge in [-0.3, -0.25) is 4.57 Å². The summed E-state index contributed by atoms with van der Waals surface area (Å²) >= 11 is 0. The molecule has 19 heavy (non-hydrogen) atoms. The number of nitrogens with zero attached hydrogens (tertiary/aromatic N) is 3. The zero-order valence-electron chi connectivity index (χ0n) is 10.3. The monoisotopic (exact) mass is 255 g/mol. The molecule has 0 N–H and O–H groups in total. The molecule has 2 aromatic rings. The largest absolute Gasteiger partial charge is 0.492 e. The van der Waals surface area contributed by atoms with Crippen molar-refractivity contribution >= 4 is 0 Å². The van der Waals surface area contributed by atoms with Gasteiger partial charge < -0.3 is 4.74 Å². The Bertz CT molecular complexity index is 643. The predicted octanol–water partition coefficient (Wildman–Crippen LogP) is 1.58. The van der Waals surface area contributed by atoms with Crippen LogP contribution in [-0.2, 0) is 6.54 Å². The minimum absolute atomic E-state index is 0.264. The van der Waals surface area contributed by atoms with Crippen LogP contribution in [0, 0.1) is 11.3 Å². The molecule has 0 saturated carbocycles. The fourth-order valence-corrected chi connectivity index (χ4v) is 1.66. The van der Waals surface area contributed by atoms with E-state index in [1.54, 1.807) is 30.5 Å². The van der Waals surface area contributed by atoms with E-state index in [4.69, 9.17) is 10.00 Å². The van der Waals surface area contributed by atoms with Crippen molar-refractivity contribution in [1.82, 2.24) is 9.55 Å². The van der Waals surface area contributed by atoms with Crippen LogP contribution in [-0.4, -0.2) is 16.2 Å². The van der Waals surface area contributed by atoms with Gasteiger partial charge in [-0.1, -0.05) is 12.1 Å². The molecule has 5 heteroatoms. The average molecular weight is 255 g/mol. The van der Waals surface area contributed by atoms with Crippen LogP contribution in [0.1, 0.15) is 12.0 Å². The van der Waals surface area contributed by atoms with Crippen molar-refractivity contribution in [2.45, 2.75) is 13.0 Å². The van der Waals surface area contributed by atoms with Gasteiger partial charge in [0.25, 0.3) is 0 Å². The molecule has 0 fully saturated rings. The third-order valence-corrected chi connectivity index (χ3v) is 2.59. The minimum atomic E-state index is -0.264. The molecule has 0 bridgehead atoms. The summed E-state index contributed by atoms with van der Waals surface area (Å²) in [4.78, 5) is 15.0. The molecule has 0 unspecified atom stereocenters. The lowest BCUT2D eigenvalue weighted by molar-refractivity contribution is 0.299. The first-order chi connectivity index (χ1) is 9.31. The lowest BCUT2D eigenvalue weighted by atomic mass is 10.2. The normalized spacial score (nSPS) is 9.84. The molecule has 96 valence electrons. The van der Waals surface area contributed by atoms with Gasteiger partial charge in [0.1, 0.15) is 11.8 Å². The first kappa shape index (κ1) is 12.8. The molecule has 0 aliphatic heterocycles. The highest BCUT2D eigenvalue weighted by Gasteiger charge is 2.01. The molecule has 0 saturated heterocycles. The third-order valence-electron chi connectivity index (χ3n) is 2.59. The van der Waals surface area contributed by atoms with E-state index in [9.17, 15) is 4.79 Å². The molecular weight excluding hydrogens is 242 g/mol. The number of aryl methyl sites for hydroxylation is 1. The van der Waals surface area contributed by atoms with Gasteiger partial charge in [-0.15, -0.1) is 0 Å².